The molecule has 3 aromatic rings. The highest BCUT2D eigenvalue weighted by atomic mass is 35.5. The van der Waals surface area contributed by atoms with Crippen molar-refractivity contribution >= 4 is 45.5 Å². The minimum absolute atomic E-state index is 0.00539. The van der Waals surface area contributed by atoms with Gasteiger partial charge in [-0.15, -0.1) is 0 Å². The SMILES string of the molecule is COc1cc2ccnc(Nc3ccc(F)c(Cl)c3)c2cc1NC(=O)CCCN1CC[C@@H](F)C1. The van der Waals surface area contributed by atoms with E-state index in [0.717, 1.165) is 17.3 Å². The number of pyridine rings is 1. The summed E-state index contributed by atoms with van der Waals surface area (Å²) in [6.45, 7) is 1.88. The van der Waals surface area contributed by atoms with Crippen LogP contribution < -0.4 is 15.4 Å². The molecule has 4 rings (SSSR count). The highest BCUT2D eigenvalue weighted by Crippen LogP contribution is 2.34. The van der Waals surface area contributed by atoms with Gasteiger partial charge in [-0.1, -0.05) is 11.6 Å². The lowest BCUT2D eigenvalue weighted by atomic mass is 10.1. The number of hydrogen-bond donors (Lipinski definition) is 2. The van der Waals surface area contributed by atoms with Gasteiger partial charge in [0, 0.05) is 36.8 Å². The fourth-order valence-electron chi connectivity index (χ4n) is 3.94. The van der Waals surface area contributed by atoms with Gasteiger partial charge < -0.3 is 20.3 Å². The van der Waals surface area contributed by atoms with E-state index in [1.807, 2.05) is 17.0 Å². The molecule has 1 atom stereocenters. The lowest BCUT2D eigenvalue weighted by Crippen LogP contribution is -2.23. The van der Waals surface area contributed by atoms with Gasteiger partial charge in [0.15, 0.2) is 0 Å². The first-order valence-corrected chi connectivity index (χ1v) is 11.2. The number of methoxy groups -OCH3 is 1. The van der Waals surface area contributed by atoms with Crippen molar-refractivity contribution in [3.05, 3.63) is 53.4 Å². The predicted molar refractivity (Wildman–Crippen MR) is 127 cm³/mol. The van der Waals surface area contributed by atoms with Crippen LogP contribution in [0.4, 0.5) is 26.0 Å². The molecule has 1 fully saturated rings. The molecule has 0 radical (unpaired) electrons. The number of nitrogens with zero attached hydrogens (tertiary/aromatic N) is 2. The number of hydrogen-bond acceptors (Lipinski definition) is 5. The van der Waals surface area contributed by atoms with Crippen molar-refractivity contribution in [2.75, 3.05) is 37.4 Å². The van der Waals surface area contributed by atoms with Crippen LogP contribution >= 0.6 is 11.6 Å². The third-order valence-corrected chi connectivity index (χ3v) is 5.92. The average Bonchev–Trinajstić information content (AvgIpc) is 3.21. The summed E-state index contributed by atoms with van der Waals surface area (Å²) in [6, 6.07) is 9.77. The molecule has 2 aromatic carbocycles. The van der Waals surface area contributed by atoms with Crippen LogP contribution in [0.5, 0.6) is 5.75 Å². The summed E-state index contributed by atoms with van der Waals surface area (Å²) < 4.78 is 32.3. The van der Waals surface area contributed by atoms with Crippen LogP contribution in [0.25, 0.3) is 10.8 Å². The maximum absolute atomic E-state index is 13.5. The van der Waals surface area contributed by atoms with Crippen molar-refractivity contribution in [3.63, 3.8) is 0 Å². The van der Waals surface area contributed by atoms with Crippen LogP contribution in [0.3, 0.4) is 0 Å². The Bertz CT molecular complexity index is 1160. The van der Waals surface area contributed by atoms with E-state index in [-0.39, 0.29) is 10.9 Å². The van der Waals surface area contributed by atoms with Gasteiger partial charge in [0.05, 0.1) is 17.8 Å². The van der Waals surface area contributed by atoms with Gasteiger partial charge in [0.2, 0.25) is 5.91 Å². The minimum atomic E-state index is -0.761. The summed E-state index contributed by atoms with van der Waals surface area (Å²) >= 11 is 5.89. The molecule has 174 valence electrons. The second-order valence-corrected chi connectivity index (χ2v) is 8.43. The molecule has 33 heavy (non-hydrogen) atoms. The van der Waals surface area contributed by atoms with Crippen LogP contribution in [0, 0.1) is 5.82 Å². The number of benzene rings is 2. The molecule has 0 bridgehead atoms. The largest absolute Gasteiger partial charge is 0.495 e. The Morgan fingerprint density at radius 1 is 1.30 bits per heavy atom. The van der Waals surface area contributed by atoms with Gasteiger partial charge in [0.1, 0.15) is 23.6 Å². The Kier molecular flexibility index (Phi) is 7.25. The smallest absolute Gasteiger partial charge is 0.224 e. The second kappa shape index (κ2) is 10.3. The summed E-state index contributed by atoms with van der Waals surface area (Å²) in [6.07, 6.45) is 2.42. The van der Waals surface area contributed by atoms with Gasteiger partial charge in [-0.25, -0.2) is 13.8 Å². The zero-order valence-electron chi connectivity index (χ0n) is 18.2. The van der Waals surface area contributed by atoms with Crippen molar-refractivity contribution in [1.82, 2.24) is 9.88 Å². The Balaban J connectivity index is 1.50. The maximum Gasteiger partial charge on any atom is 0.224 e. The number of halogens is 3. The molecule has 1 aromatic heterocycles. The Labute approximate surface area is 195 Å². The van der Waals surface area contributed by atoms with Crippen molar-refractivity contribution in [2.24, 2.45) is 0 Å². The van der Waals surface area contributed by atoms with E-state index >= 15 is 0 Å². The molecule has 1 saturated heterocycles. The molecule has 2 N–H and O–H groups in total. The van der Waals surface area contributed by atoms with Crippen LogP contribution in [-0.4, -0.2) is 48.7 Å². The van der Waals surface area contributed by atoms with E-state index < -0.39 is 12.0 Å². The van der Waals surface area contributed by atoms with Gasteiger partial charge >= 0.3 is 0 Å². The summed E-state index contributed by atoms with van der Waals surface area (Å²) in [5, 5.41) is 7.67. The Morgan fingerprint density at radius 3 is 2.88 bits per heavy atom. The quantitative estimate of drug-likeness (QED) is 0.448. The lowest BCUT2D eigenvalue weighted by Gasteiger charge is -2.16. The standard InChI is InChI=1S/C24H25ClF2N4O2/c1-33-22-11-15-6-8-28-24(29-17-4-5-20(27)19(25)12-17)18(15)13-21(22)30-23(32)3-2-9-31-10-7-16(26)14-31/h4-6,8,11-13,16H,2-3,7,9-10,14H2,1H3,(H,28,29)(H,30,32)/t16-/m1/s1. The van der Waals surface area contributed by atoms with Crippen molar-refractivity contribution < 1.29 is 18.3 Å². The topological polar surface area (TPSA) is 66.5 Å². The zero-order chi connectivity index (χ0) is 23.4. The summed E-state index contributed by atoms with van der Waals surface area (Å²) in [5.74, 6) is 0.408. The second-order valence-electron chi connectivity index (χ2n) is 8.03. The first kappa shape index (κ1) is 23.2. The predicted octanol–water partition coefficient (Wildman–Crippen LogP) is 5.54. The molecule has 0 spiro atoms. The van der Waals surface area contributed by atoms with Gasteiger partial charge in [-0.05, 0) is 61.2 Å². The van der Waals surface area contributed by atoms with Gasteiger partial charge in [0.25, 0.3) is 0 Å². The number of alkyl halides is 1. The number of nitrogens with one attached hydrogen (secondary N) is 2. The third kappa shape index (κ3) is 5.69. The molecule has 0 unspecified atom stereocenters. The average molecular weight is 475 g/mol. The Hall–Kier alpha value is -2.97. The molecule has 0 saturated carbocycles. The Morgan fingerprint density at radius 2 is 2.15 bits per heavy atom. The fourth-order valence-corrected chi connectivity index (χ4v) is 4.12. The highest BCUT2D eigenvalue weighted by Gasteiger charge is 2.21. The minimum Gasteiger partial charge on any atom is -0.495 e. The van der Waals surface area contributed by atoms with E-state index in [9.17, 15) is 13.6 Å². The van der Waals surface area contributed by atoms with E-state index in [4.69, 9.17) is 16.3 Å². The van der Waals surface area contributed by atoms with Gasteiger partial charge in [-0.3, -0.25) is 4.79 Å². The van der Waals surface area contributed by atoms with E-state index in [2.05, 4.69) is 15.6 Å². The molecule has 0 aliphatic carbocycles. The number of likely N-dealkylation sites (tertiary alicyclic amines) is 1. The molecular formula is C24H25ClF2N4O2. The van der Waals surface area contributed by atoms with Crippen LogP contribution in [-0.2, 0) is 4.79 Å². The molecule has 1 aliphatic heterocycles. The van der Waals surface area contributed by atoms with Crippen LogP contribution in [0.2, 0.25) is 5.02 Å². The van der Waals surface area contributed by atoms with E-state index in [0.29, 0.717) is 55.3 Å². The van der Waals surface area contributed by atoms with E-state index in [1.54, 1.807) is 25.4 Å². The number of amides is 1. The van der Waals surface area contributed by atoms with Crippen LogP contribution in [0.1, 0.15) is 19.3 Å². The molecule has 9 heteroatoms. The molecule has 6 nitrogen and oxygen atoms in total. The summed E-state index contributed by atoms with van der Waals surface area (Å²) in [4.78, 5) is 19.0. The van der Waals surface area contributed by atoms with Crippen molar-refractivity contribution in [3.8, 4) is 5.75 Å². The number of ether oxygens (including phenoxy) is 1. The van der Waals surface area contributed by atoms with Crippen LogP contribution in [0.15, 0.2) is 42.6 Å². The number of aromatic nitrogens is 1. The summed E-state index contributed by atoms with van der Waals surface area (Å²) in [5.41, 5.74) is 1.11. The molecule has 1 aliphatic rings. The number of fused-ring (bicyclic) bond motifs is 1. The fraction of sp³-hybridized carbons (Fsp3) is 0.333. The maximum atomic E-state index is 13.5. The number of rotatable bonds is 8. The first-order chi connectivity index (χ1) is 15.9. The lowest BCUT2D eigenvalue weighted by molar-refractivity contribution is -0.116. The van der Waals surface area contributed by atoms with Crippen molar-refractivity contribution in [2.45, 2.75) is 25.4 Å². The molecule has 1 amide bonds. The molecular weight excluding hydrogens is 450 g/mol. The summed E-state index contributed by atoms with van der Waals surface area (Å²) in [7, 11) is 1.54. The van der Waals surface area contributed by atoms with Gasteiger partial charge in [-0.2, -0.15) is 0 Å². The number of carbonyl (C=O) groups excluding carboxylic acids is 1. The monoisotopic (exact) mass is 474 g/mol. The van der Waals surface area contributed by atoms with Crippen molar-refractivity contribution in [1.29, 1.82) is 0 Å². The third-order valence-electron chi connectivity index (χ3n) is 5.63. The highest BCUT2D eigenvalue weighted by molar-refractivity contribution is 6.31. The number of anilines is 3. The first-order valence-electron chi connectivity index (χ1n) is 10.8. The molecule has 2 heterocycles. The zero-order valence-corrected chi connectivity index (χ0v) is 19.0. The van der Waals surface area contributed by atoms with E-state index in [1.165, 1.54) is 12.1 Å². The normalized spacial score (nSPS) is 16.2. The number of carbonyl (C=O) groups is 1.